The molecule has 1 fully saturated rings. The molecular formula is C23H29N7O2. The van der Waals surface area contributed by atoms with Crippen LogP contribution in [0, 0.1) is 0 Å². The normalized spacial score (nSPS) is 16.2. The van der Waals surface area contributed by atoms with Gasteiger partial charge in [-0.05, 0) is 18.6 Å². The van der Waals surface area contributed by atoms with E-state index in [2.05, 4.69) is 30.7 Å². The molecule has 0 spiro atoms. The molecule has 1 aliphatic rings. The average Bonchev–Trinajstić information content (AvgIpc) is 3.51. The van der Waals surface area contributed by atoms with Crippen LogP contribution in [0.2, 0.25) is 0 Å². The minimum absolute atomic E-state index is 0.269. The first-order valence-electron chi connectivity index (χ1n) is 10.6. The van der Waals surface area contributed by atoms with Gasteiger partial charge in [-0.25, -0.2) is 0 Å². The number of para-hydroxylation sites is 1. The summed E-state index contributed by atoms with van der Waals surface area (Å²) >= 11 is 0. The van der Waals surface area contributed by atoms with Crippen molar-refractivity contribution in [2.24, 2.45) is 4.99 Å². The molecule has 3 aromatic rings. The molecule has 0 radical (unpaired) electrons. The number of rotatable bonds is 7. The van der Waals surface area contributed by atoms with E-state index in [1.54, 1.807) is 27.6 Å². The second kappa shape index (κ2) is 10.0. The second-order valence-corrected chi connectivity index (χ2v) is 7.53. The van der Waals surface area contributed by atoms with Crippen molar-refractivity contribution in [3.05, 3.63) is 60.7 Å². The predicted octanol–water partition coefficient (Wildman–Crippen LogP) is 2.23. The highest BCUT2D eigenvalue weighted by molar-refractivity contribution is 5.80. The molecule has 0 bridgehead atoms. The Balaban J connectivity index is 1.35. The van der Waals surface area contributed by atoms with Gasteiger partial charge >= 0.3 is 0 Å². The average molecular weight is 436 g/mol. The lowest BCUT2D eigenvalue weighted by Gasteiger charge is -2.21. The summed E-state index contributed by atoms with van der Waals surface area (Å²) in [5.74, 6) is 3.13. The van der Waals surface area contributed by atoms with Crippen molar-refractivity contribution >= 4 is 11.6 Å². The van der Waals surface area contributed by atoms with E-state index < -0.39 is 0 Å². The Morgan fingerprint density at radius 3 is 2.53 bits per heavy atom. The zero-order chi connectivity index (χ0) is 22.3. The van der Waals surface area contributed by atoms with E-state index in [0.717, 1.165) is 54.2 Å². The van der Waals surface area contributed by atoms with E-state index in [4.69, 9.17) is 9.47 Å². The molecule has 2 N–H and O–H groups in total. The van der Waals surface area contributed by atoms with E-state index in [0.29, 0.717) is 6.54 Å². The fraction of sp³-hybridized carbons (Fsp3) is 0.348. The molecule has 0 saturated carbocycles. The lowest BCUT2D eigenvalue weighted by atomic mass is 10.2. The molecule has 1 saturated heterocycles. The summed E-state index contributed by atoms with van der Waals surface area (Å²) in [4.78, 5) is 6.71. The Hall–Kier alpha value is -3.75. The van der Waals surface area contributed by atoms with Crippen LogP contribution in [0.25, 0.3) is 5.69 Å². The quantitative estimate of drug-likeness (QED) is 0.435. The van der Waals surface area contributed by atoms with Crippen LogP contribution in [0.1, 0.15) is 12.2 Å². The first-order chi connectivity index (χ1) is 15.7. The number of ether oxygens (including phenoxy) is 2. The lowest BCUT2D eigenvalue weighted by Crippen LogP contribution is -2.44. The summed E-state index contributed by atoms with van der Waals surface area (Å²) in [5.41, 5.74) is 2.11. The van der Waals surface area contributed by atoms with Gasteiger partial charge in [-0.3, -0.25) is 9.56 Å². The number of aliphatic imine (C=N–C) groups is 1. The van der Waals surface area contributed by atoms with Gasteiger partial charge in [-0.1, -0.05) is 18.2 Å². The topological polar surface area (TPSA) is 88.8 Å². The predicted molar refractivity (Wildman–Crippen MR) is 125 cm³/mol. The van der Waals surface area contributed by atoms with Crippen molar-refractivity contribution in [3.8, 4) is 17.2 Å². The summed E-state index contributed by atoms with van der Waals surface area (Å²) in [6, 6.07) is 16.3. The summed E-state index contributed by atoms with van der Waals surface area (Å²) in [6.45, 7) is 2.31. The van der Waals surface area contributed by atoms with E-state index in [1.807, 2.05) is 53.1 Å². The van der Waals surface area contributed by atoms with Gasteiger partial charge in [0.25, 0.3) is 0 Å². The zero-order valence-electron chi connectivity index (χ0n) is 18.7. The van der Waals surface area contributed by atoms with E-state index in [1.165, 1.54) is 0 Å². The maximum absolute atomic E-state index is 5.41. The minimum atomic E-state index is 0.269. The van der Waals surface area contributed by atoms with Gasteiger partial charge in [0, 0.05) is 55.8 Å². The standard InChI is InChI=1S/C23H29N7O2/c1-24-23(25-14-22-28-26-16-30(22)18-7-5-4-6-8-18)27-17-9-10-29(15-17)19-11-20(31-2)13-21(12-19)32-3/h4-8,11-13,16-17H,9-10,14-15H2,1-3H3,(H2,24,25,27). The van der Waals surface area contributed by atoms with Crippen molar-refractivity contribution in [1.82, 2.24) is 25.4 Å². The lowest BCUT2D eigenvalue weighted by molar-refractivity contribution is 0.394. The minimum Gasteiger partial charge on any atom is -0.497 e. The SMILES string of the molecule is CN=C(NCc1nncn1-c1ccccc1)NC1CCN(c2cc(OC)cc(OC)c2)C1. The molecule has 32 heavy (non-hydrogen) atoms. The number of hydrogen-bond acceptors (Lipinski definition) is 6. The van der Waals surface area contributed by atoms with Crippen LogP contribution in [-0.4, -0.2) is 61.1 Å². The van der Waals surface area contributed by atoms with Crippen LogP contribution in [-0.2, 0) is 6.54 Å². The largest absolute Gasteiger partial charge is 0.497 e. The van der Waals surface area contributed by atoms with Gasteiger partial charge in [0.1, 0.15) is 17.8 Å². The first kappa shape index (κ1) is 21.5. The van der Waals surface area contributed by atoms with Crippen LogP contribution < -0.4 is 25.0 Å². The highest BCUT2D eigenvalue weighted by atomic mass is 16.5. The molecule has 1 aliphatic heterocycles. The van der Waals surface area contributed by atoms with Crippen LogP contribution >= 0.6 is 0 Å². The molecule has 4 rings (SSSR count). The number of methoxy groups -OCH3 is 2. The molecular weight excluding hydrogens is 406 g/mol. The summed E-state index contributed by atoms with van der Waals surface area (Å²) in [7, 11) is 5.11. The van der Waals surface area contributed by atoms with Gasteiger partial charge in [0.05, 0.1) is 20.8 Å². The third kappa shape index (κ3) is 4.93. The number of nitrogens with one attached hydrogen (secondary N) is 2. The second-order valence-electron chi connectivity index (χ2n) is 7.53. The summed E-state index contributed by atoms with van der Waals surface area (Å²) in [5, 5.41) is 15.2. The third-order valence-electron chi connectivity index (χ3n) is 5.52. The maximum atomic E-state index is 5.41. The zero-order valence-corrected chi connectivity index (χ0v) is 18.7. The van der Waals surface area contributed by atoms with E-state index in [-0.39, 0.29) is 6.04 Å². The number of anilines is 1. The number of guanidine groups is 1. The fourth-order valence-corrected chi connectivity index (χ4v) is 3.82. The van der Waals surface area contributed by atoms with E-state index in [9.17, 15) is 0 Å². The van der Waals surface area contributed by atoms with Gasteiger partial charge in [0.15, 0.2) is 11.8 Å². The van der Waals surface area contributed by atoms with Gasteiger partial charge in [-0.15, -0.1) is 10.2 Å². The molecule has 168 valence electrons. The molecule has 0 amide bonds. The van der Waals surface area contributed by atoms with Crippen LogP contribution in [0.5, 0.6) is 11.5 Å². The molecule has 0 aliphatic carbocycles. The van der Waals surface area contributed by atoms with Crippen molar-refractivity contribution in [2.45, 2.75) is 19.0 Å². The number of benzene rings is 2. The van der Waals surface area contributed by atoms with Crippen molar-refractivity contribution in [1.29, 1.82) is 0 Å². The van der Waals surface area contributed by atoms with Crippen molar-refractivity contribution in [2.75, 3.05) is 39.3 Å². The number of nitrogens with zero attached hydrogens (tertiary/aromatic N) is 5. The molecule has 2 heterocycles. The molecule has 1 unspecified atom stereocenters. The Morgan fingerprint density at radius 2 is 1.84 bits per heavy atom. The Bertz CT molecular complexity index is 1030. The Morgan fingerprint density at radius 1 is 1.09 bits per heavy atom. The highest BCUT2D eigenvalue weighted by Gasteiger charge is 2.24. The number of hydrogen-bond donors (Lipinski definition) is 2. The molecule has 2 aromatic carbocycles. The smallest absolute Gasteiger partial charge is 0.191 e. The van der Waals surface area contributed by atoms with Crippen molar-refractivity contribution in [3.63, 3.8) is 0 Å². The highest BCUT2D eigenvalue weighted by Crippen LogP contribution is 2.30. The molecule has 9 nitrogen and oxygen atoms in total. The number of aromatic nitrogens is 3. The van der Waals surface area contributed by atoms with Crippen molar-refractivity contribution < 1.29 is 9.47 Å². The molecule has 1 aromatic heterocycles. The monoisotopic (exact) mass is 435 g/mol. The third-order valence-corrected chi connectivity index (χ3v) is 5.52. The Kier molecular flexibility index (Phi) is 6.74. The van der Waals surface area contributed by atoms with Crippen LogP contribution in [0.4, 0.5) is 5.69 Å². The fourth-order valence-electron chi connectivity index (χ4n) is 3.82. The van der Waals surface area contributed by atoms with Gasteiger partial charge in [-0.2, -0.15) is 0 Å². The summed E-state index contributed by atoms with van der Waals surface area (Å²) in [6.07, 6.45) is 2.72. The molecule has 1 atom stereocenters. The van der Waals surface area contributed by atoms with Crippen LogP contribution in [0.3, 0.4) is 0 Å². The maximum Gasteiger partial charge on any atom is 0.191 e. The van der Waals surface area contributed by atoms with Gasteiger partial charge in [0.2, 0.25) is 0 Å². The van der Waals surface area contributed by atoms with Gasteiger partial charge < -0.3 is 25.0 Å². The first-order valence-corrected chi connectivity index (χ1v) is 10.6. The Labute approximate surface area is 188 Å². The molecule has 9 heteroatoms. The van der Waals surface area contributed by atoms with E-state index >= 15 is 0 Å². The summed E-state index contributed by atoms with van der Waals surface area (Å²) < 4.78 is 12.8. The van der Waals surface area contributed by atoms with Crippen LogP contribution in [0.15, 0.2) is 59.9 Å².